The van der Waals surface area contributed by atoms with Gasteiger partial charge >= 0.3 is 0 Å². The summed E-state index contributed by atoms with van der Waals surface area (Å²) in [6.45, 7) is 2.98. The highest BCUT2D eigenvalue weighted by Gasteiger charge is 2.26. The molecular formula is C14H20N2O2. The molecule has 2 rings (SSSR count). The van der Waals surface area contributed by atoms with Gasteiger partial charge in [0.15, 0.2) is 0 Å². The van der Waals surface area contributed by atoms with E-state index < -0.39 is 0 Å². The highest BCUT2D eigenvalue weighted by Crippen LogP contribution is 2.21. The number of hydrogen-bond donors (Lipinski definition) is 0. The van der Waals surface area contributed by atoms with E-state index in [1.54, 1.807) is 19.2 Å². The van der Waals surface area contributed by atoms with Crippen molar-refractivity contribution in [3.05, 3.63) is 23.9 Å². The van der Waals surface area contributed by atoms with E-state index in [1.807, 2.05) is 11.0 Å². The van der Waals surface area contributed by atoms with Gasteiger partial charge in [0, 0.05) is 18.7 Å². The van der Waals surface area contributed by atoms with Crippen LogP contribution in [-0.2, 0) is 0 Å². The third kappa shape index (κ3) is 2.63. The first-order valence-electron chi connectivity index (χ1n) is 6.58. The van der Waals surface area contributed by atoms with Gasteiger partial charge in [-0.1, -0.05) is 13.0 Å². The molecule has 0 radical (unpaired) electrons. The summed E-state index contributed by atoms with van der Waals surface area (Å²) in [4.78, 5) is 18.6. The van der Waals surface area contributed by atoms with Gasteiger partial charge in [0.05, 0.1) is 7.11 Å². The summed E-state index contributed by atoms with van der Waals surface area (Å²) in [5.74, 6) is 0.520. The molecule has 1 aromatic heterocycles. The van der Waals surface area contributed by atoms with Gasteiger partial charge in [0.25, 0.3) is 5.91 Å². The third-order valence-electron chi connectivity index (χ3n) is 3.51. The first kappa shape index (κ1) is 12.9. The van der Waals surface area contributed by atoms with Crippen LogP contribution in [-0.4, -0.2) is 35.5 Å². The summed E-state index contributed by atoms with van der Waals surface area (Å²) in [5, 5.41) is 0. The van der Waals surface area contributed by atoms with Crippen LogP contribution in [0.3, 0.4) is 0 Å². The molecular weight excluding hydrogens is 228 g/mol. The molecule has 0 bridgehead atoms. The van der Waals surface area contributed by atoms with E-state index in [-0.39, 0.29) is 5.91 Å². The first-order valence-corrected chi connectivity index (χ1v) is 6.58. The van der Waals surface area contributed by atoms with Gasteiger partial charge in [-0.15, -0.1) is 0 Å². The Morgan fingerprint density at radius 1 is 1.50 bits per heavy atom. The maximum absolute atomic E-state index is 12.4. The van der Waals surface area contributed by atoms with Gasteiger partial charge in [-0.25, -0.2) is 4.98 Å². The summed E-state index contributed by atoms with van der Waals surface area (Å²) < 4.78 is 5.06. The fraction of sp³-hybridized carbons (Fsp3) is 0.571. The third-order valence-corrected chi connectivity index (χ3v) is 3.51. The van der Waals surface area contributed by atoms with Gasteiger partial charge in [0.2, 0.25) is 5.88 Å². The number of rotatable bonds is 3. The smallest absolute Gasteiger partial charge is 0.272 e. The number of ether oxygens (including phenoxy) is 1. The van der Waals surface area contributed by atoms with E-state index in [1.165, 1.54) is 6.42 Å². The molecule has 1 saturated heterocycles. The zero-order valence-corrected chi connectivity index (χ0v) is 11.1. The fourth-order valence-electron chi connectivity index (χ4n) is 2.49. The fourth-order valence-corrected chi connectivity index (χ4v) is 2.49. The summed E-state index contributed by atoms with van der Waals surface area (Å²) >= 11 is 0. The normalized spacial score (nSPS) is 19.7. The number of carbonyl (C=O) groups is 1. The minimum Gasteiger partial charge on any atom is -0.481 e. The number of amides is 1. The molecule has 1 aromatic rings. The molecule has 1 amide bonds. The molecule has 1 fully saturated rings. The summed E-state index contributed by atoms with van der Waals surface area (Å²) in [6.07, 6.45) is 4.42. The van der Waals surface area contributed by atoms with Gasteiger partial charge in [-0.05, 0) is 31.7 Å². The Balaban J connectivity index is 2.18. The second kappa shape index (κ2) is 5.85. The average molecular weight is 248 g/mol. The number of nitrogens with zero attached hydrogens (tertiary/aromatic N) is 2. The minimum absolute atomic E-state index is 0.0282. The lowest BCUT2D eigenvalue weighted by molar-refractivity contribution is 0.0601. The molecule has 4 heteroatoms. The zero-order chi connectivity index (χ0) is 13.0. The molecule has 1 atom stereocenters. The van der Waals surface area contributed by atoms with Crippen molar-refractivity contribution in [3.8, 4) is 5.88 Å². The lowest BCUT2D eigenvalue weighted by Crippen LogP contribution is -2.43. The Morgan fingerprint density at radius 2 is 2.33 bits per heavy atom. The second-order valence-corrected chi connectivity index (χ2v) is 4.62. The number of piperidine rings is 1. The van der Waals surface area contributed by atoms with Crippen LogP contribution < -0.4 is 4.74 Å². The largest absolute Gasteiger partial charge is 0.481 e. The standard InChI is InChI=1S/C14H20N2O2/c1-3-11-7-4-5-10-16(11)14(17)12-8-6-9-13(15-12)18-2/h6,8-9,11H,3-5,7,10H2,1-2H3. The summed E-state index contributed by atoms with van der Waals surface area (Å²) in [6, 6.07) is 5.68. The van der Waals surface area contributed by atoms with E-state index in [0.29, 0.717) is 17.6 Å². The van der Waals surface area contributed by atoms with E-state index in [0.717, 1.165) is 25.8 Å². The van der Waals surface area contributed by atoms with Crippen molar-refractivity contribution in [1.82, 2.24) is 9.88 Å². The van der Waals surface area contributed by atoms with Crippen molar-refractivity contribution >= 4 is 5.91 Å². The van der Waals surface area contributed by atoms with E-state index >= 15 is 0 Å². The number of likely N-dealkylation sites (tertiary alicyclic amines) is 1. The number of pyridine rings is 1. The Kier molecular flexibility index (Phi) is 4.18. The van der Waals surface area contributed by atoms with Crippen molar-refractivity contribution in [3.63, 3.8) is 0 Å². The van der Waals surface area contributed by atoms with Gasteiger partial charge in [-0.2, -0.15) is 0 Å². The molecule has 0 saturated carbocycles. The van der Waals surface area contributed by atoms with Crippen LogP contribution in [0.2, 0.25) is 0 Å². The first-order chi connectivity index (χ1) is 8.76. The highest BCUT2D eigenvalue weighted by molar-refractivity contribution is 5.92. The van der Waals surface area contributed by atoms with Crippen LogP contribution in [0.25, 0.3) is 0 Å². The van der Waals surface area contributed by atoms with Crippen LogP contribution in [0.15, 0.2) is 18.2 Å². The molecule has 4 nitrogen and oxygen atoms in total. The minimum atomic E-state index is 0.0282. The molecule has 2 heterocycles. The Hall–Kier alpha value is -1.58. The molecule has 0 aromatic carbocycles. The predicted molar refractivity (Wildman–Crippen MR) is 69.8 cm³/mol. The van der Waals surface area contributed by atoms with Crippen molar-refractivity contribution in [2.75, 3.05) is 13.7 Å². The highest BCUT2D eigenvalue weighted by atomic mass is 16.5. The molecule has 0 N–H and O–H groups in total. The van der Waals surface area contributed by atoms with Gasteiger partial charge < -0.3 is 9.64 Å². The molecule has 18 heavy (non-hydrogen) atoms. The van der Waals surface area contributed by atoms with Crippen molar-refractivity contribution in [2.24, 2.45) is 0 Å². The van der Waals surface area contributed by atoms with Crippen molar-refractivity contribution < 1.29 is 9.53 Å². The van der Waals surface area contributed by atoms with Crippen molar-refractivity contribution in [2.45, 2.75) is 38.6 Å². The lowest BCUT2D eigenvalue weighted by atomic mass is 9.99. The quantitative estimate of drug-likeness (QED) is 0.825. The van der Waals surface area contributed by atoms with Crippen LogP contribution in [0.5, 0.6) is 5.88 Å². The Bertz CT molecular complexity index is 420. The van der Waals surface area contributed by atoms with Crippen LogP contribution in [0.1, 0.15) is 43.1 Å². The van der Waals surface area contributed by atoms with E-state index in [4.69, 9.17) is 4.74 Å². The molecule has 1 unspecified atom stereocenters. The van der Waals surface area contributed by atoms with Crippen LogP contribution in [0.4, 0.5) is 0 Å². The summed E-state index contributed by atoms with van der Waals surface area (Å²) in [7, 11) is 1.56. The van der Waals surface area contributed by atoms with Crippen LogP contribution >= 0.6 is 0 Å². The van der Waals surface area contributed by atoms with E-state index in [2.05, 4.69) is 11.9 Å². The topological polar surface area (TPSA) is 42.4 Å². The average Bonchev–Trinajstić information content (AvgIpc) is 2.46. The molecule has 0 aliphatic carbocycles. The van der Waals surface area contributed by atoms with E-state index in [9.17, 15) is 4.79 Å². The second-order valence-electron chi connectivity index (χ2n) is 4.62. The predicted octanol–water partition coefficient (Wildman–Crippen LogP) is 2.49. The van der Waals surface area contributed by atoms with Crippen LogP contribution in [0, 0.1) is 0 Å². The Morgan fingerprint density at radius 3 is 3.06 bits per heavy atom. The molecule has 1 aliphatic rings. The maximum atomic E-state index is 12.4. The zero-order valence-electron chi connectivity index (χ0n) is 11.1. The molecule has 98 valence electrons. The number of aromatic nitrogens is 1. The lowest BCUT2D eigenvalue weighted by Gasteiger charge is -2.35. The number of methoxy groups -OCH3 is 1. The number of hydrogen-bond acceptors (Lipinski definition) is 3. The summed E-state index contributed by atoms with van der Waals surface area (Å²) in [5.41, 5.74) is 0.481. The monoisotopic (exact) mass is 248 g/mol. The maximum Gasteiger partial charge on any atom is 0.272 e. The Labute approximate surface area is 108 Å². The van der Waals surface area contributed by atoms with Gasteiger partial charge in [-0.3, -0.25) is 4.79 Å². The molecule has 0 spiro atoms. The van der Waals surface area contributed by atoms with Gasteiger partial charge in [0.1, 0.15) is 5.69 Å². The number of carbonyl (C=O) groups excluding carboxylic acids is 1. The van der Waals surface area contributed by atoms with Crippen molar-refractivity contribution in [1.29, 1.82) is 0 Å². The SMILES string of the molecule is CCC1CCCCN1C(=O)c1cccc(OC)n1. The molecule has 1 aliphatic heterocycles.